The van der Waals surface area contributed by atoms with Gasteiger partial charge in [0.2, 0.25) is 0 Å². The van der Waals surface area contributed by atoms with Crippen LogP contribution in [0.5, 0.6) is 5.75 Å². The van der Waals surface area contributed by atoms with Crippen molar-refractivity contribution in [2.75, 3.05) is 13.1 Å². The molecule has 80 valence electrons. The largest absolute Gasteiger partial charge is 0.488 e. The number of benzene rings is 1. The Bertz CT molecular complexity index is 321. The van der Waals surface area contributed by atoms with E-state index in [0.29, 0.717) is 6.10 Å². The number of hydrogen-bond acceptors (Lipinski definition) is 2. The molecule has 1 heterocycles. The van der Waals surface area contributed by atoms with E-state index in [2.05, 4.69) is 23.5 Å². The van der Waals surface area contributed by atoms with Crippen LogP contribution in [-0.4, -0.2) is 19.2 Å². The van der Waals surface area contributed by atoms with Crippen LogP contribution in [0.2, 0.25) is 0 Å². The molecule has 0 saturated heterocycles. The molecule has 1 aliphatic carbocycles. The van der Waals surface area contributed by atoms with Crippen LogP contribution in [0.1, 0.15) is 18.4 Å². The van der Waals surface area contributed by atoms with Gasteiger partial charge >= 0.3 is 0 Å². The Morgan fingerprint density at radius 1 is 1.20 bits per heavy atom. The molecule has 15 heavy (non-hydrogen) atoms. The summed E-state index contributed by atoms with van der Waals surface area (Å²) in [5.74, 6) is 2.03. The Morgan fingerprint density at radius 3 is 2.87 bits per heavy atom. The maximum atomic E-state index is 5.85. The van der Waals surface area contributed by atoms with E-state index in [9.17, 15) is 0 Å². The normalized spacial score (nSPS) is 23.6. The van der Waals surface area contributed by atoms with E-state index in [1.54, 1.807) is 0 Å². The van der Waals surface area contributed by atoms with Crippen LogP contribution in [0.3, 0.4) is 0 Å². The fraction of sp³-hybridized carbons (Fsp3) is 0.538. The zero-order valence-electron chi connectivity index (χ0n) is 8.91. The second kappa shape index (κ2) is 3.86. The maximum absolute atomic E-state index is 5.85. The Kier molecular flexibility index (Phi) is 2.37. The third-order valence-electron chi connectivity index (χ3n) is 3.22. The van der Waals surface area contributed by atoms with Crippen molar-refractivity contribution in [3.05, 3.63) is 29.8 Å². The van der Waals surface area contributed by atoms with Crippen molar-refractivity contribution in [1.82, 2.24) is 5.32 Å². The molecule has 0 bridgehead atoms. The van der Waals surface area contributed by atoms with Crippen molar-refractivity contribution >= 4 is 0 Å². The molecule has 1 N–H and O–H groups in total. The van der Waals surface area contributed by atoms with Crippen LogP contribution in [0.4, 0.5) is 0 Å². The van der Waals surface area contributed by atoms with E-state index in [1.165, 1.54) is 24.9 Å². The van der Waals surface area contributed by atoms with Gasteiger partial charge in [0.1, 0.15) is 11.9 Å². The number of fused-ring (bicyclic) bond motifs is 1. The van der Waals surface area contributed by atoms with Crippen molar-refractivity contribution < 1.29 is 4.74 Å². The molecule has 3 rings (SSSR count). The van der Waals surface area contributed by atoms with Gasteiger partial charge in [-0.15, -0.1) is 0 Å². The first-order chi connectivity index (χ1) is 7.42. The summed E-state index contributed by atoms with van der Waals surface area (Å²) in [7, 11) is 0. The van der Waals surface area contributed by atoms with Gasteiger partial charge in [-0.25, -0.2) is 0 Å². The molecule has 2 nitrogen and oxygen atoms in total. The van der Waals surface area contributed by atoms with Crippen LogP contribution < -0.4 is 10.1 Å². The highest BCUT2D eigenvalue weighted by Crippen LogP contribution is 2.29. The van der Waals surface area contributed by atoms with Gasteiger partial charge in [0.05, 0.1) is 0 Å². The fourth-order valence-corrected chi connectivity index (χ4v) is 2.14. The molecule has 1 aliphatic heterocycles. The molecule has 1 fully saturated rings. The minimum atomic E-state index is 0.348. The zero-order chi connectivity index (χ0) is 10.1. The summed E-state index contributed by atoms with van der Waals surface area (Å²) in [5.41, 5.74) is 1.36. The lowest BCUT2D eigenvalue weighted by atomic mass is 10.1. The predicted octanol–water partition coefficient (Wildman–Crippen LogP) is 1.99. The highest BCUT2D eigenvalue weighted by atomic mass is 16.5. The first kappa shape index (κ1) is 9.22. The maximum Gasteiger partial charge on any atom is 0.123 e. The summed E-state index contributed by atoms with van der Waals surface area (Å²) in [6, 6.07) is 8.35. The molecular formula is C13H17NO. The van der Waals surface area contributed by atoms with Crippen molar-refractivity contribution in [2.24, 2.45) is 5.92 Å². The van der Waals surface area contributed by atoms with Gasteiger partial charge in [-0.3, -0.25) is 0 Å². The predicted molar refractivity (Wildman–Crippen MR) is 60.2 cm³/mol. The summed E-state index contributed by atoms with van der Waals surface area (Å²) in [6.07, 6.45) is 4.24. The summed E-state index contributed by atoms with van der Waals surface area (Å²) in [4.78, 5) is 0. The summed E-state index contributed by atoms with van der Waals surface area (Å²) in [5, 5.41) is 3.50. The Hall–Kier alpha value is -1.02. The molecule has 0 amide bonds. The second-order valence-corrected chi connectivity index (χ2v) is 4.65. The number of rotatable bonds is 4. The van der Waals surface area contributed by atoms with Crippen molar-refractivity contribution in [3.8, 4) is 5.75 Å². The van der Waals surface area contributed by atoms with Gasteiger partial charge in [0.15, 0.2) is 0 Å². The van der Waals surface area contributed by atoms with Crippen molar-refractivity contribution in [1.29, 1.82) is 0 Å². The highest BCUT2D eigenvalue weighted by Gasteiger charge is 2.24. The van der Waals surface area contributed by atoms with E-state index in [4.69, 9.17) is 4.74 Å². The lowest BCUT2D eigenvalue weighted by Gasteiger charge is -2.11. The molecule has 0 spiro atoms. The van der Waals surface area contributed by atoms with Gasteiger partial charge in [-0.2, -0.15) is 0 Å². The molecule has 1 saturated carbocycles. The molecule has 0 aromatic heterocycles. The van der Waals surface area contributed by atoms with E-state index >= 15 is 0 Å². The standard InChI is InChI=1S/C13H17NO/c1-2-4-13-11(3-1)7-12(15-13)9-14-8-10-5-6-10/h1-4,10,12,14H,5-9H2. The number of nitrogens with one attached hydrogen (secondary N) is 1. The van der Waals surface area contributed by atoms with Gasteiger partial charge in [-0.1, -0.05) is 18.2 Å². The van der Waals surface area contributed by atoms with E-state index in [0.717, 1.165) is 24.6 Å². The minimum Gasteiger partial charge on any atom is -0.488 e. The van der Waals surface area contributed by atoms with E-state index < -0.39 is 0 Å². The van der Waals surface area contributed by atoms with Crippen molar-refractivity contribution in [2.45, 2.75) is 25.4 Å². The quantitative estimate of drug-likeness (QED) is 0.808. The van der Waals surface area contributed by atoms with Crippen LogP contribution in [-0.2, 0) is 6.42 Å². The molecule has 0 radical (unpaired) electrons. The van der Waals surface area contributed by atoms with Crippen molar-refractivity contribution in [3.63, 3.8) is 0 Å². The molecule has 1 aromatic rings. The molecule has 2 heteroatoms. The monoisotopic (exact) mass is 203 g/mol. The lowest BCUT2D eigenvalue weighted by molar-refractivity contribution is 0.227. The zero-order valence-corrected chi connectivity index (χ0v) is 8.91. The van der Waals surface area contributed by atoms with Gasteiger partial charge in [0.25, 0.3) is 0 Å². The third kappa shape index (κ3) is 2.15. The lowest BCUT2D eigenvalue weighted by Crippen LogP contribution is -2.31. The van der Waals surface area contributed by atoms with E-state index in [1.807, 2.05) is 6.07 Å². The Morgan fingerprint density at radius 2 is 2.07 bits per heavy atom. The summed E-state index contributed by atoms with van der Waals surface area (Å²) in [6.45, 7) is 2.17. The second-order valence-electron chi connectivity index (χ2n) is 4.65. The number of hydrogen-bond donors (Lipinski definition) is 1. The van der Waals surface area contributed by atoms with Crippen LogP contribution >= 0.6 is 0 Å². The van der Waals surface area contributed by atoms with Crippen LogP contribution in [0.25, 0.3) is 0 Å². The fourth-order valence-electron chi connectivity index (χ4n) is 2.14. The topological polar surface area (TPSA) is 21.3 Å². The highest BCUT2D eigenvalue weighted by molar-refractivity contribution is 5.37. The number of para-hydroxylation sites is 1. The SMILES string of the molecule is c1ccc2c(c1)CC(CNCC1CC1)O2. The molecular weight excluding hydrogens is 186 g/mol. The Balaban J connectivity index is 1.50. The molecule has 2 aliphatic rings. The molecule has 1 atom stereocenters. The average Bonchev–Trinajstić information content (AvgIpc) is 2.97. The summed E-state index contributed by atoms with van der Waals surface area (Å²) >= 11 is 0. The van der Waals surface area contributed by atoms with E-state index in [-0.39, 0.29) is 0 Å². The van der Waals surface area contributed by atoms with Gasteiger partial charge < -0.3 is 10.1 Å². The first-order valence-corrected chi connectivity index (χ1v) is 5.87. The van der Waals surface area contributed by atoms with Crippen LogP contribution in [0.15, 0.2) is 24.3 Å². The molecule has 1 unspecified atom stereocenters. The Labute approximate surface area is 90.6 Å². The molecule has 1 aromatic carbocycles. The third-order valence-corrected chi connectivity index (χ3v) is 3.22. The van der Waals surface area contributed by atoms with Crippen LogP contribution in [0, 0.1) is 5.92 Å². The number of ether oxygens (including phenoxy) is 1. The van der Waals surface area contributed by atoms with Gasteiger partial charge in [-0.05, 0) is 36.9 Å². The van der Waals surface area contributed by atoms with Gasteiger partial charge in [0, 0.05) is 13.0 Å². The first-order valence-electron chi connectivity index (χ1n) is 5.87. The summed E-state index contributed by atoms with van der Waals surface area (Å²) < 4.78 is 5.85. The smallest absolute Gasteiger partial charge is 0.123 e. The minimum absolute atomic E-state index is 0.348. The average molecular weight is 203 g/mol.